The molecule has 26 heavy (non-hydrogen) atoms. The molecule has 1 saturated heterocycles. The lowest BCUT2D eigenvalue weighted by Gasteiger charge is -2.35. The van der Waals surface area contributed by atoms with Gasteiger partial charge in [0.25, 0.3) is 5.69 Å². The van der Waals surface area contributed by atoms with E-state index in [1.807, 2.05) is 12.1 Å². The van der Waals surface area contributed by atoms with Gasteiger partial charge in [-0.2, -0.15) is 4.73 Å². The van der Waals surface area contributed by atoms with Gasteiger partial charge in [0.1, 0.15) is 0 Å². The van der Waals surface area contributed by atoms with Crippen LogP contribution in [0.1, 0.15) is 35.5 Å². The molecule has 1 aliphatic heterocycles. The third-order valence-corrected chi connectivity index (χ3v) is 4.43. The Bertz CT molecular complexity index is 738. The maximum atomic E-state index is 12.1. The highest BCUT2D eigenvalue weighted by Crippen LogP contribution is 2.14. The van der Waals surface area contributed by atoms with Crippen LogP contribution >= 0.6 is 0 Å². The highest BCUT2D eigenvalue weighted by atomic mass is 16.5. The largest absolute Gasteiger partial charge is 0.618 e. The first-order valence-electron chi connectivity index (χ1n) is 8.93. The lowest BCUT2D eigenvalue weighted by atomic mass is 10.1. The summed E-state index contributed by atoms with van der Waals surface area (Å²) in [5, 5.41) is 14.4. The molecule has 0 radical (unpaired) electrons. The summed E-state index contributed by atoms with van der Waals surface area (Å²) in [4.78, 5) is 14.5. The Morgan fingerprint density at radius 2 is 1.81 bits per heavy atom. The number of rotatable bonds is 5. The Morgan fingerprint density at radius 1 is 1.15 bits per heavy atom. The third-order valence-electron chi connectivity index (χ3n) is 4.43. The molecule has 6 nitrogen and oxygen atoms in total. The molecule has 1 aliphatic rings. The molecule has 2 atom stereocenters. The van der Waals surface area contributed by atoms with Crippen molar-refractivity contribution in [1.82, 2.24) is 10.2 Å². The van der Waals surface area contributed by atoms with E-state index < -0.39 is 0 Å². The fourth-order valence-corrected chi connectivity index (χ4v) is 3.31. The standard InChI is InChI=1S/C20H25N3O3/c1-15-12-22(13-16(2)26-15)14-18-8-6-17(7-9-18)11-21-20(24)19-5-3-4-10-23(19)25/h3-10,15-16H,11-14H2,1-2H3,(H,21,24). The van der Waals surface area contributed by atoms with E-state index in [1.54, 1.807) is 12.1 Å². The van der Waals surface area contributed by atoms with Crippen LogP contribution in [-0.4, -0.2) is 36.1 Å². The molecule has 0 aliphatic carbocycles. The van der Waals surface area contributed by atoms with E-state index in [9.17, 15) is 10.0 Å². The number of pyridine rings is 1. The van der Waals surface area contributed by atoms with Crippen molar-refractivity contribution in [1.29, 1.82) is 0 Å². The molecule has 6 heteroatoms. The highest BCUT2D eigenvalue weighted by molar-refractivity contribution is 5.90. The summed E-state index contributed by atoms with van der Waals surface area (Å²) >= 11 is 0. The molecule has 0 bridgehead atoms. The monoisotopic (exact) mass is 355 g/mol. The third kappa shape index (κ3) is 4.80. The van der Waals surface area contributed by atoms with E-state index in [0.29, 0.717) is 11.3 Å². The quantitative estimate of drug-likeness (QED) is 0.657. The fraction of sp³-hybridized carbons (Fsp3) is 0.400. The number of morpholine rings is 1. The Balaban J connectivity index is 1.53. The molecule has 1 fully saturated rings. The zero-order valence-electron chi connectivity index (χ0n) is 15.2. The molecular formula is C20H25N3O3. The van der Waals surface area contributed by atoms with Crippen LogP contribution in [-0.2, 0) is 17.8 Å². The van der Waals surface area contributed by atoms with Crippen LogP contribution in [0.25, 0.3) is 0 Å². The van der Waals surface area contributed by atoms with Gasteiger partial charge in [0.05, 0.1) is 12.2 Å². The van der Waals surface area contributed by atoms with Crippen molar-refractivity contribution in [3.8, 4) is 0 Å². The van der Waals surface area contributed by atoms with Gasteiger partial charge in [0.2, 0.25) is 0 Å². The van der Waals surface area contributed by atoms with E-state index in [-0.39, 0.29) is 23.8 Å². The molecule has 1 aromatic heterocycles. The second-order valence-electron chi connectivity index (χ2n) is 6.86. The zero-order chi connectivity index (χ0) is 18.5. The number of benzene rings is 1. The van der Waals surface area contributed by atoms with Crippen molar-refractivity contribution in [2.75, 3.05) is 13.1 Å². The average Bonchev–Trinajstić information content (AvgIpc) is 2.60. The highest BCUT2D eigenvalue weighted by Gasteiger charge is 2.22. The van der Waals surface area contributed by atoms with Crippen molar-refractivity contribution < 1.29 is 14.3 Å². The Hall–Kier alpha value is -2.44. The number of carbonyl (C=O) groups is 1. The predicted molar refractivity (Wildman–Crippen MR) is 98.3 cm³/mol. The molecule has 0 saturated carbocycles. The van der Waals surface area contributed by atoms with Crippen LogP contribution in [0.15, 0.2) is 48.7 Å². The van der Waals surface area contributed by atoms with Gasteiger partial charge in [-0.3, -0.25) is 9.69 Å². The van der Waals surface area contributed by atoms with Crippen molar-refractivity contribution >= 4 is 5.91 Å². The first-order valence-corrected chi connectivity index (χ1v) is 8.93. The summed E-state index contributed by atoms with van der Waals surface area (Å²) in [5.74, 6) is -0.374. The topological polar surface area (TPSA) is 68.5 Å². The molecule has 138 valence electrons. The number of amides is 1. The summed E-state index contributed by atoms with van der Waals surface area (Å²) < 4.78 is 6.34. The Labute approximate surface area is 154 Å². The minimum absolute atomic E-state index is 0.0969. The summed E-state index contributed by atoms with van der Waals surface area (Å²) in [7, 11) is 0. The van der Waals surface area contributed by atoms with Crippen LogP contribution in [0.2, 0.25) is 0 Å². The number of ether oxygens (including phenoxy) is 1. The van der Waals surface area contributed by atoms with Crippen LogP contribution in [0, 0.1) is 5.21 Å². The number of carbonyl (C=O) groups excluding carboxylic acids is 1. The smallest absolute Gasteiger partial charge is 0.317 e. The number of nitrogens with one attached hydrogen (secondary N) is 1. The molecule has 2 unspecified atom stereocenters. The van der Waals surface area contributed by atoms with Crippen LogP contribution in [0.3, 0.4) is 0 Å². The minimum atomic E-state index is -0.374. The van der Waals surface area contributed by atoms with Crippen LogP contribution < -0.4 is 10.0 Å². The number of hydrogen-bond donors (Lipinski definition) is 1. The van der Waals surface area contributed by atoms with Crippen molar-refractivity contribution in [3.63, 3.8) is 0 Å². The fourth-order valence-electron chi connectivity index (χ4n) is 3.31. The van der Waals surface area contributed by atoms with Gasteiger partial charge in [0.15, 0.2) is 6.20 Å². The van der Waals surface area contributed by atoms with Gasteiger partial charge in [-0.15, -0.1) is 0 Å². The number of hydrogen-bond acceptors (Lipinski definition) is 4. The van der Waals surface area contributed by atoms with Gasteiger partial charge in [-0.1, -0.05) is 24.3 Å². The number of nitrogens with zero attached hydrogens (tertiary/aromatic N) is 2. The summed E-state index contributed by atoms with van der Waals surface area (Å²) in [6.07, 6.45) is 1.84. The second kappa shape index (κ2) is 8.29. The van der Waals surface area contributed by atoms with E-state index >= 15 is 0 Å². The van der Waals surface area contributed by atoms with Gasteiger partial charge < -0.3 is 15.3 Å². The molecule has 2 heterocycles. The molecular weight excluding hydrogens is 330 g/mol. The molecule has 2 aromatic rings. The van der Waals surface area contributed by atoms with Crippen molar-refractivity contribution in [3.05, 3.63) is 70.7 Å². The van der Waals surface area contributed by atoms with E-state index in [2.05, 4.69) is 36.2 Å². The number of aromatic nitrogens is 1. The normalized spacial score (nSPS) is 20.7. The van der Waals surface area contributed by atoms with E-state index in [0.717, 1.165) is 25.2 Å². The second-order valence-corrected chi connectivity index (χ2v) is 6.86. The summed E-state index contributed by atoms with van der Waals surface area (Å²) in [6.45, 7) is 7.37. The first kappa shape index (κ1) is 18.4. The SMILES string of the molecule is CC1CN(Cc2ccc(CNC(=O)c3cccc[n+]3[O-])cc2)CC(C)O1. The van der Waals surface area contributed by atoms with Crippen molar-refractivity contribution in [2.45, 2.75) is 39.1 Å². The molecule has 1 aromatic carbocycles. The molecule has 3 rings (SSSR count). The average molecular weight is 355 g/mol. The Kier molecular flexibility index (Phi) is 5.85. The van der Waals surface area contributed by atoms with Gasteiger partial charge in [0, 0.05) is 38.3 Å². The maximum absolute atomic E-state index is 12.1. The molecule has 0 spiro atoms. The molecule has 1 N–H and O–H groups in total. The van der Waals surface area contributed by atoms with Crippen molar-refractivity contribution in [2.24, 2.45) is 0 Å². The first-order chi connectivity index (χ1) is 12.5. The maximum Gasteiger partial charge on any atom is 0.317 e. The van der Waals surface area contributed by atoms with Gasteiger partial charge in [-0.25, -0.2) is 0 Å². The lowest BCUT2D eigenvalue weighted by Crippen LogP contribution is -2.44. The minimum Gasteiger partial charge on any atom is -0.618 e. The Morgan fingerprint density at radius 3 is 2.46 bits per heavy atom. The summed E-state index contributed by atoms with van der Waals surface area (Å²) in [6, 6.07) is 13.0. The van der Waals surface area contributed by atoms with E-state index in [1.165, 1.54) is 17.8 Å². The molecule has 1 amide bonds. The zero-order valence-corrected chi connectivity index (χ0v) is 15.2. The van der Waals surface area contributed by atoms with Gasteiger partial charge in [-0.05, 0) is 31.0 Å². The predicted octanol–water partition coefficient (Wildman–Crippen LogP) is 1.86. The van der Waals surface area contributed by atoms with Gasteiger partial charge >= 0.3 is 5.91 Å². The lowest BCUT2D eigenvalue weighted by molar-refractivity contribution is -0.607. The summed E-state index contributed by atoms with van der Waals surface area (Å²) in [5.41, 5.74) is 2.33. The van der Waals surface area contributed by atoms with Crippen LogP contribution in [0.4, 0.5) is 0 Å². The van der Waals surface area contributed by atoms with Crippen LogP contribution in [0.5, 0.6) is 0 Å². The van der Waals surface area contributed by atoms with E-state index in [4.69, 9.17) is 4.74 Å².